The molecule has 14 heavy (non-hydrogen) atoms. The van der Waals surface area contributed by atoms with Gasteiger partial charge in [0.2, 0.25) is 0 Å². The van der Waals surface area contributed by atoms with Crippen molar-refractivity contribution in [2.45, 2.75) is 17.9 Å². The van der Waals surface area contributed by atoms with Crippen LogP contribution in [0, 0.1) is 12.7 Å². The highest BCUT2D eigenvalue weighted by molar-refractivity contribution is 9.09. The molecule has 1 aromatic carbocycles. The van der Waals surface area contributed by atoms with Crippen LogP contribution in [-0.4, -0.2) is 16.5 Å². The first-order valence-corrected chi connectivity index (χ1v) is 5.26. The van der Waals surface area contributed by atoms with Crippen molar-refractivity contribution in [3.8, 4) is 5.75 Å². The van der Waals surface area contributed by atoms with Gasteiger partial charge >= 0.3 is 0 Å². The van der Waals surface area contributed by atoms with E-state index in [0.29, 0.717) is 17.9 Å². The minimum atomic E-state index is -0.701. The summed E-state index contributed by atoms with van der Waals surface area (Å²) in [5, 5.41) is 9.79. The Bertz CT molecular complexity index is 367. The highest BCUT2D eigenvalue weighted by atomic mass is 79.9. The van der Waals surface area contributed by atoms with Crippen LogP contribution in [0.25, 0.3) is 0 Å². The highest BCUT2D eigenvalue weighted by Crippen LogP contribution is 2.37. The number of aryl methyl sites for hydroxylation is 1. The predicted octanol–water partition coefficient (Wildman–Crippen LogP) is 2.32. The molecular formula is C10H10BrFO2. The van der Waals surface area contributed by atoms with E-state index in [-0.39, 0.29) is 10.6 Å². The van der Waals surface area contributed by atoms with Crippen LogP contribution in [0.5, 0.6) is 5.75 Å². The third-order valence-electron chi connectivity index (χ3n) is 2.32. The molecule has 2 rings (SSSR count). The third-order valence-corrected chi connectivity index (χ3v) is 3.08. The average Bonchev–Trinajstić information content (AvgIpc) is 2.12. The molecule has 0 amide bonds. The zero-order valence-electron chi connectivity index (χ0n) is 7.63. The van der Waals surface area contributed by atoms with Gasteiger partial charge in [0.15, 0.2) is 0 Å². The Kier molecular flexibility index (Phi) is 2.49. The number of aliphatic hydroxyl groups excluding tert-OH is 1. The van der Waals surface area contributed by atoms with Crippen molar-refractivity contribution in [2.24, 2.45) is 0 Å². The van der Waals surface area contributed by atoms with Gasteiger partial charge in [-0.15, -0.1) is 0 Å². The molecule has 2 unspecified atom stereocenters. The molecule has 0 spiro atoms. The molecule has 2 nitrogen and oxygen atoms in total. The standard InChI is InChI=1S/C10H10BrFO2/c1-5-2-6(12)3-7-9(13)8(11)4-14-10(5)7/h2-3,8-9,13H,4H2,1H3. The Balaban J connectivity index is 2.54. The maximum Gasteiger partial charge on any atom is 0.128 e. The second-order valence-electron chi connectivity index (χ2n) is 3.41. The molecule has 0 bridgehead atoms. The number of halogens is 2. The van der Waals surface area contributed by atoms with E-state index in [4.69, 9.17) is 4.74 Å². The fourth-order valence-electron chi connectivity index (χ4n) is 1.62. The molecule has 0 fully saturated rings. The maximum atomic E-state index is 13.1. The van der Waals surface area contributed by atoms with Crippen LogP contribution < -0.4 is 4.74 Å². The summed E-state index contributed by atoms with van der Waals surface area (Å²) in [5.41, 5.74) is 1.24. The first-order chi connectivity index (χ1) is 6.59. The van der Waals surface area contributed by atoms with Crippen LogP contribution in [-0.2, 0) is 0 Å². The van der Waals surface area contributed by atoms with Crippen molar-refractivity contribution in [2.75, 3.05) is 6.61 Å². The monoisotopic (exact) mass is 260 g/mol. The Morgan fingerprint density at radius 3 is 3.00 bits per heavy atom. The summed E-state index contributed by atoms with van der Waals surface area (Å²) < 4.78 is 18.5. The lowest BCUT2D eigenvalue weighted by molar-refractivity contribution is 0.124. The van der Waals surface area contributed by atoms with Gasteiger partial charge in [-0.1, -0.05) is 15.9 Å². The van der Waals surface area contributed by atoms with E-state index in [2.05, 4.69) is 15.9 Å². The van der Waals surface area contributed by atoms with E-state index < -0.39 is 6.10 Å². The van der Waals surface area contributed by atoms with Crippen molar-refractivity contribution >= 4 is 15.9 Å². The van der Waals surface area contributed by atoms with Crippen LogP contribution in [0.4, 0.5) is 4.39 Å². The molecule has 4 heteroatoms. The van der Waals surface area contributed by atoms with Crippen LogP contribution in [0.2, 0.25) is 0 Å². The second-order valence-corrected chi connectivity index (χ2v) is 4.59. The van der Waals surface area contributed by atoms with Crippen molar-refractivity contribution in [3.05, 3.63) is 29.1 Å². The number of aliphatic hydroxyl groups is 1. The molecular weight excluding hydrogens is 251 g/mol. The number of ether oxygens (including phenoxy) is 1. The summed E-state index contributed by atoms with van der Waals surface area (Å²) in [7, 11) is 0. The van der Waals surface area contributed by atoms with Crippen LogP contribution in [0.3, 0.4) is 0 Å². The lowest BCUT2D eigenvalue weighted by Gasteiger charge is -2.27. The minimum absolute atomic E-state index is 0.170. The Morgan fingerprint density at radius 1 is 1.57 bits per heavy atom. The lowest BCUT2D eigenvalue weighted by atomic mass is 10.0. The molecule has 0 radical (unpaired) electrons. The molecule has 1 aromatic rings. The Hall–Kier alpha value is -0.610. The Labute approximate surface area is 89.8 Å². The average molecular weight is 261 g/mol. The van der Waals surface area contributed by atoms with Crippen molar-refractivity contribution in [3.63, 3.8) is 0 Å². The van der Waals surface area contributed by atoms with Crippen molar-refractivity contribution in [1.82, 2.24) is 0 Å². The van der Waals surface area contributed by atoms with Gasteiger partial charge < -0.3 is 9.84 Å². The van der Waals surface area contributed by atoms with Gasteiger partial charge in [-0.3, -0.25) is 0 Å². The van der Waals surface area contributed by atoms with E-state index in [1.165, 1.54) is 12.1 Å². The first kappa shape index (κ1) is 9.93. The summed E-state index contributed by atoms with van der Waals surface area (Å²) in [6.45, 7) is 2.17. The molecule has 1 N–H and O–H groups in total. The van der Waals surface area contributed by atoms with E-state index in [0.717, 1.165) is 5.56 Å². The van der Waals surface area contributed by atoms with Gasteiger partial charge in [-0.05, 0) is 24.6 Å². The number of fused-ring (bicyclic) bond motifs is 1. The van der Waals surface area contributed by atoms with Crippen LogP contribution in [0.1, 0.15) is 17.2 Å². The third kappa shape index (κ3) is 1.53. The van der Waals surface area contributed by atoms with Gasteiger partial charge in [0.25, 0.3) is 0 Å². The van der Waals surface area contributed by atoms with Crippen LogP contribution in [0.15, 0.2) is 12.1 Å². The summed E-state index contributed by atoms with van der Waals surface area (Å²) in [6, 6.07) is 2.72. The molecule has 0 saturated carbocycles. The first-order valence-electron chi connectivity index (χ1n) is 4.34. The highest BCUT2D eigenvalue weighted by Gasteiger charge is 2.28. The largest absolute Gasteiger partial charge is 0.492 e. The number of alkyl halides is 1. The zero-order valence-corrected chi connectivity index (χ0v) is 9.21. The summed E-state index contributed by atoms with van der Waals surface area (Å²) in [6.07, 6.45) is -0.701. The quantitative estimate of drug-likeness (QED) is 0.726. The molecule has 2 atom stereocenters. The van der Waals surface area contributed by atoms with Gasteiger partial charge in [-0.25, -0.2) is 4.39 Å². The molecule has 0 saturated heterocycles. The normalized spacial score (nSPS) is 25.4. The lowest BCUT2D eigenvalue weighted by Crippen LogP contribution is -2.26. The van der Waals surface area contributed by atoms with E-state index in [9.17, 15) is 9.50 Å². The van der Waals surface area contributed by atoms with E-state index in [1.807, 2.05) is 0 Å². The second kappa shape index (κ2) is 3.51. The minimum Gasteiger partial charge on any atom is -0.492 e. The summed E-state index contributed by atoms with van der Waals surface area (Å²) >= 11 is 3.28. The van der Waals surface area contributed by atoms with E-state index in [1.54, 1.807) is 6.92 Å². The number of hydrogen-bond donors (Lipinski definition) is 1. The number of hydrogen-bond acceptors (Lipinski definition) is 2. The van der Waals surface area contributed by atoms with Gasteiger partial charge in [0.1, 0.15) is 18.2 Å². The fourth-order valence-corrected chi connectivity index (χ4v) is 2.04. The van der Waals surface area contributed by atoms with Crippen molar-refractivity contribution < 1.29 is 14.2 Å². The molecule has 1 heterocycles. The predicted molar refractivity (Wildman–Crippen MR) is 54.3 cm³/mol. The summed E-state index contributed by atoms with van der Waals surface area (Å²) in [5.74, 6) is 0.264. The molecule has 0 aromatic heterocycles. The fraction of sp³-hybridized carbons (Fsp3) is 0.400. The van der Waals surface area contributed by atoms with Crippen molar-refractivity contribution in [1.29, 1.82) is 0 Å². The van der Waals surface area contributed by atoms with Gasteiger partial charge in [0, 0.05) is 5.56 Å². The maximum absolute atomic E-state index is 13.1. The van der Waals surface area contributed by atoms with Crippen LogP contribution >= 0.6 is 15.9 Å². The smallest absolute Gasteiger partial charge is 0.128 e. The zero-order chi connectivity index (χ0) is 10.3. The SMILES string of the molecule is Cc1cc(F)cc2c1OCC(Br)C2O. The molecule has 0 aliphatic carbocycles. The number of rotatable bonds is 0. The molecule has 1 aliphatic rings. The molecule has 1 aliphatic heterocycles. The Morgan fingerprint density at radius 2 is 2.29 bits per heavy atom. The van der Waals surface area contributed by atoms with E-state index >= 15 is 0 Å². The summed E-state index contributed by atoms with van der Waals surface area (Å²) in [4.78, 5) is -0.170. The number of benzene rings is 1. The molecule has 76 valence electrons. The topological polar surface area (TPSA) is 29.5 Å². The van der Waals surface area contributed by atoms with Gasteiger partial charge in [-0.2, -0.15) is 0 Å². The van der Waals surface area contributed by atoms with Gasteiger partial charge in [0.05, 0.1) is 10.9 Å².